The number of hydrogen-bond acceptors (Lipinski definition) is 3. The summed E-state index contributed by atoms with van der Waals surface area (Å²) in [6, 6.07) is 20.1. The maximum atomic E-state index is 11.7. The largest absolute Gasteiger partial charge is 0.400 e. The Hall–Kier alpha value is -1.73. The molecule has 0 aromatic heterocycles. The Morgan fingerprint density at radius 2 is 1.46 bits per heavy atom. The predicted molar refractivity (Wildman–Crippen MR) is 111 cm³/mol. The maximum absolute atomic E-state index is 11.7. The Morgan fingerprint density at radius 1 is 1.04 bits per heavy atom. The average molecular weight is 390 g/mol. The molecular formula is C20H27NO3SSi. The van der Waals surface area contributed by atoms with Crippen LogP contribution < -0.4 is 15.5 Å². The number of rotatable bonds is 7. The van der Waals surface area contributed by atoms with E-state index in [1.165, 1.54) is 6.08 Å². The van der Waals surface area contributed by atoms with Crippen LogP contribution in [-0.4, -0.2) is 28.6 Å². The quantitative estimate of drug-likeness (QED) is 0.584. The highest BCUT2D eigenvalue weighted by molar-refractivity contribution is 7.89. The highest BCUT2D eigenvalue weighted by Crippen LogP contribution is 2.37. The van der Waals surface area contributed by atoms with Crippen LogP contribution in [0.15, 0.2) is 73.3 Å². The molecule has 1 atom stereocenters. The molecule has 0 unspecified atom stereocenters. The van der Waals surface area contributed by atoms with Gasteiger partial charge in [0.15, 0.2) is 0 Å². The van der Waals surface area contributed by atoms with E-state index in [2.05, 4.69) is 51.6 Å². The van der Waals surface area contributed by atoms with Gasteiger partial charge < -0.3 is 4.43 Å². The minimum atomic E-state index is -3.69. The summed E-state index contributed by atoms with van der Waals surface area (Å²) in [5, 5.41) is 7.20. The van der Waals surface area contributed by atoms with E-state index >= 15 is 0 Å². The fourth-order valence-corrected chi connectivity index (χ4v) is 8.73. The topological polar surface area (TPSA) is 69.4 Å². The van der Waals surface area contributed by atoms with Crippen LogP contribution >= 0.6 is 0 Å². The van der Waals surface area contributed by atoms with E-state index in [4.69, 9.17) is 9.56 Å². The van der Waals surface area contributed by atoms with Gasteiger partial charge in [-0.25, -0.2) is 13.6 Å². The third-order valence-electron chi connectivity index (χ3n) is 4.40. The maximum Gasteiger partial charge on any atom is 0.261 e. The Morgan fingerprint density at radius 3 is 1.77 bits per heavy atom. The normalized spacial score (nSPS) is 14.0. The van der Waals surface area contributed by atoms with E-state index in [-0.39, 0.29) is 10.8 Å². The molecule has 140 valence electrons. The number of primary sulfonamides is 1. The fourth-order valence-electron chi connectivity index (χ4n) is 3.30. The zero-order valence-corrected chi connectivity index (χ0v) is 17.4. The molecule has 0 heterocycles. The molecule has 0 fully saturated rings. The van der Waals surface area contributed by atoms with Gasteiger partial charge in [-0.15, -0.1) is 6.58 Å². The van der Waals surface area contributed by atoms with E-state index in [1.807, 2.05) is 36.4 Å². The molecule has 0 aliphatic carbocycles. The van der Waals surface area contributed by atoms with Crippen molar-refractivity contribution in [1.82, 2.24) is 0 Å². The predicted octanol–water partition coefficient (Wildman–Crippen LogP) is 2.41. The summed E-state index contributed by atoms with van der Waals surface area (Å²) in [5.41, 5.74) is 0. The average Bonchev–Trinajstić information content (AvgIpc) is 2.58. The molecule has 0 saturated carbocycles. The summed E-state index contributed by atoms with van der Waals surface area (Å²) in [4.78, 5) is 0. The highest BCUT2D eigenvalue weighted by Gasteiger charge is 2.51. The molecule has 2 aromatic rings. The first kappa shape index (κ1) is 20.6. The van der Waals surface area contributed by atoms with Crippen LogP contribution in [0.1, 0.15) is 20.8 Å². The molecule has 26 heavy (non-hydrogen) atoms. The molecule has 0 aliphatic heterocycles. The van der Waals surface area contributed by atoms with E-state index < -0.39 is 24.4 Å². The number of benzene rings is 2. The summed E-state index contributed by atoms with van der Waals surface area (Å²) in [7, 11) is -6.52. The molecule has 6 heteroatoms. The summed E-state index contributed by atoms with van der Waals surface area (Å²) in [6.07, 6.45) is 0.848. The van der Waals surface area contributed by atoms with Gasteiger partial charge in [-0.05, 0) is 15.4 Å². The lowest BCUT2D eigenvalue weighted by atomic mass is 10.2. The van der Waals surface area contributed by atoms with Crippen LogP contribution in [0.5, 0.6) is 0 Å². The van der Waals surface area contributed by atoms with E-state index in [9.17, 15) is 8.42 Å². The molecule has 0 bridgehead atoms. The van der Waals surface area contributed by atoms with E-state index in [0.29, 0.717) is 0 Å². The van der Waals surface area contributed by atoms with Gasteiger partial charge in [0.05, 0.1) is 11.9 Å². The lowest BCUT2D eigenvalue weighted by molar-refractivity contribution is 0.254. The molecule has 2 aromatic carbocycles. The van der Waals surface area contributed by atoms with Crippen molar-refractivity contribution in [1.29, 1.82) is 0 Å². The molecular weight excluding hydrogens is 362 g/mol. The molecule has 0 saturated heterocycles. The zero-order chi connectivity index (χ0) is 19.4. The van der Waals surface area contributed by atoms with Gasteiger partial charge in [0.25, 0.3) is 8.32 Å². The third-order valence-corrected chi connectivity index (χ3v) is 10.3. The van der Waals surface area contributed by atoms with E-state index in [0.717, 1.165) is 10.4 Å². The fraction of sp³-hybridized carbons (Fsp3) is 0.300. The van der Waals surface area contributed by atoms with Gasteiger partial charge in [-0.2, -0.15) is 0 Å². The molecule has 2 N–H and O–H groups in total. The van der Waals surface area contributed by atoms with Gasteiger partial charge >= 0.3 is 0 Å². The van der Waals surface area contributed by atoms with Crippen LogP contribution in [0.4, 0.5) is 0 Å². The first-order valence-electron chi connectivity index (χ1n) is 8.52. The van der Waals surface area contributed by atoms with Crippen LogP contribution in [0, 0.1) is 0 Å². The van der Waals surface area contributed by atoms with Gasteiger partial charge in [-0.3, -0.25) is 0 Å². The van der Waals surface area contributed by atoms with Crippen molar-refractivity contribution in [3.63, 3.8) is 0 Å². The van der Waals surface area contributed by atoms with Gasteiger partial charge in [0.2, 0.25) is 10.0 Å². The van der Waals surface area contributed by atoms with Crippen LogP contribution in [-0.2, 0) is 14.4 Å². The molecule has 0 radical (unpaired) electrons. The van der Waals surface area contributed by atoms with Crippen molar-refractivity contribution in [2.75, 3.05) is 5.75 Å². The number of hydrogen-bond donors (Lipinski definition) is 1. The molecule has 0 spiro atoms. The van der Waals surface area contributed by atoms with Crippen LogP contribution in [0.2, 0.25) is 5.04 Å². The lowest BCUT2D eigenvalue weighted by Gasteiger charge is -2.44. The number of sulfonamides is 1. The number of nitrogens with two attached hydrogens (primary N) is 1. The van der Waals surface area contributed by atoms with Crippen molar-refractivity contribution >= 4 is 28.7 Å². The van der Waals surface area contributed by atoms with Crippen molar-refractivity contribution < 1.29 is 12.8 Å². The second-order valence-corrected chi connectivity index (χ2v) is 13.3. The first-order valence-corrected chi connectivity index (χ1v) is 12.1. The van der Waals surface area contributed by atoms with Crippen LogP contribution in [0.3, 0.4) is 0 Å². The van der Waals surface area contributed by atoms with Gasteiger partial charge in [-0.1, -0.05) is 87.5 Å². The second-order valence-electron chi connectivity index (χ2n) is 7.38. The first-order chi connectivity index (χ1) is 12.1. The zero-order valence-electron chi connectivity index (χ0n) is 15.6. The molecule has 0 amide bonds. The summed E-state index contributed by atoms with van der Waals surface area (Å²) >= 11 is 0. The molecule has 2 rings (SSSR count). The third kappa shape index (κ3) is 4.51. The molecule has 0 aliphatic rings. The van der Waals surface area contributed by atoms with E-state index in [1.54, 1.807) is 0 Å². The summed E-state index contributed by atoms with van der Waals surface area (Å²) in [6.45, 7) is 10.2. The second kappa shape index (κ2) is 7.88. The molecule has 4 nitrogen and oxygen atoms in total. The Balaban J connectivity index is 2.69. The van der Waals surface area contributed by atoms with Gasteiger partial charge in [0, 0.05) is 0 Å². The van der Waals surface area contributed by atoms with Crippen molar-refractivity contribution in [3.05, 3.63) is 73.3 Å². The summed E-state index contributed by atoms with van der Waals surface area (Å²) < 4.78 is 30.0. The summed E-state index contributed by atoms with van der Waals surface area (Å²) in [5.74, 6) is -0.291. The Bertz CT molecular complexity index is 791. The minimum Gasteiger partial charge on any atom is -0.400 e. The Labute approximate surface area is 157 Å². The SMILES string of the molecule is C=C[C@@H](CS(N)(=O)=O)O[Si](c1ccccc1)(c1ccccc1)C(C)(C)C. The van der Waals surface area contributed by atoms with Crippen molar-refractivity contribution in [3.8, 4) is 0 Å². The van der Waals surface area contributed by atoms with Crippen LogP contribution in [0.25, 0.3) is 0 Å². The van der Waals surface area contributed by atoms with Crippen molar-refractivity contribution in [2.45, 2.75) is 31.9 Å². The lowest BCUT2D eigenvalue weighted by Crippen LogP contribution is -2.68. The monoisotopic (exact) mass is 389 g/mol. The standard InChI is InChI=1S/C20H27NO3SSi/c1-5-17(16-25(21,22)23)24-26(20(2,3)4,18-12-8-6-9-13-18)19-14-10-7-11-15-19/h5-15,17H,1,16H2,2-4H3,(H2,21,22,23)/t17-/m0/s1. The Kier molecular flexibility index (Phi) is 6.23. The van der Waals surface area contributed by atoms with Crippen molar-refractivity contribution in [2.24, 2.45) is 5.14 Å². The highest BCUT2D eigenvalue weighted by atomic mass is 32.2. The minimum absolute atomic E-state index is 0.241. The smallest absolute Gasteiger partial charge is 0.261 e. The van der Waals surface area contributed by atoms with Gasteiger partial charge in [0.1, 0.15) is 0 Å².